The van der Waals surface area contributed by atoms with Crippen molar-refractivity contribution in [2.24, 2.45) is 0 Å². The van der Waals surface area contributed by atoms with E-state index in [1.54, 1.807) is 80.9 Å². The van der Waals surface area contributed by atoms with Gasteiger partial charge in [-0.2, -0.15) is 9.78 Å². The molecule has 1 heterocycles. The first-order chi connectivity index (χ1) is 19.9. The number of carbonyl (C=O) groups excluding carboxylic acids is 2. The number of benzene rings is 4. The number of hydrogen-bond acceptors (Lipinski definition) is 6. The van der Waals surface area contributed by atoms with Crippen LogP contribution in [0.3, 0.4) is 0 Å². The number of methoxy groups -OCH3 is 2. The van der Waals surface area contributed by atoms with Gasteiger partial charge >= 0.3 is 5.97 Å². The smallest absolute Gasteiger partial charge is 0.309 e. The molecular formula is C32H26FN3O5. The summed E-state index contributed by atoms with van der Waals surface area (Å²) in [7, 11) is 3.12. The summed E-state index contributed by atoms with van der Waals surface area (Å²) in [5.41, 5.74) is 3.86. The van der Waals surface area contributed by atoms with Gasteiger partial charge < -0.3 is 19.5 Å². The van der Waals surface area contributed by atoms with Crippen LogP contribution < -0.4 is 19.5 Å². The van der Waals surface area contributed by atoms with E-state index in [1.165, 1.54) is 23.7 Å². The van der Waals surface area contributed by atoms with Crippen molar-refractivity contribution in [1.29, 1.82) is 0 Å². The van der Waals surface area contributed by atoms with Gasteiger partial charge in [0.05, 0.1) is 25.5 Å². The number of halogens is 1. The molecule has 0 fully saturated rings. The first-order valence-corrected chi connectivity index (χ1v) is 12.6. The van der Waals surface area contributed by atoms with Crippen LogP contribution in [-0.2, 0) is 4.79 Å². The lowest BCUT2D eigenvalue weighted by Crippen LogP contribution is -2.11. The molecule has 0 radical (unpaired) electrons. The first kappa shape index (κ1) is 27.1. The van der Waals surface area contributed by atoms with Gasteiger partial charge in [0.2, 0.25) is 5.88 Å². The van der Waals surface area contributed by atoms with Crippen LogP contribution in [0.1, 0.15) is 17.3 Å². The third kappa shape index (κ3) is 5.79. The lowest BCUT2D eigenvalue weighted by atomic mass is 10.00. The third-order valence-corrected chi connectivity index (χ3v) is 6.30. The number of ether oxygens (including phenoxy) is 3. The second-order valence-electron chi connectivity index (χ2n) is 8.97. The molecule has 1 amide bonds. The molecule has 0 atom stereocenters. The Kier molecular flexibility index (Phi) is 7.78. The maximum absolute atomic E-state index is 13.7. The molecule has 206 valence electrons. The van der Waals surface area contributed by atoms with E-state index in [-0.39, 0.29) is 11.8 Å². The summed E-state index contributed by atoms with van der Waals surface area (Å²) < 4.78 is 31.6. The fourth-order valence-corrected chi connectivity index (χ4v) is 4.35. The molecule has 0 saturated carbocycles. The second kappa shape index (κ2) is 11.7. The van der Waals surface area contributed by atoms with Gasteiger partial charge in [0, 0.05) is 23.7 Å². The molecular weight excluding hydrogens is 525 g/mol. The third-order valence-electron chi connectivity index (χ3n) is 6.30. The number of carbonyl (C=O) groups is 2. The number of para-hydroxylation sites is 1. The Morgan fingerprint density at radius 2 is 1.51 bits per heavy atom. The fraction of sp³-hybridized carbons (Fsp3) is 0.0938. The Morgan fingerprint density at radius 3 is 2.15 bits per heavy atom. The maximum Gasteiger partial charge on any atom is 0.309 e. The number of rotatable bonds is 8. The van der Waals surface area contributed by atoms with Gasteiger partial charge in [0.25, 0.3) is 5.91 Å². The first-order valence-electron chi connectivity index (χ1n) is 12.6. The van der Waals surface area contributed by atoms with Crippen molar-refractivity contribution in [1.82, 2.24) is 9.78 Å². The fourth-order valence-electron chi connectivity index (χ4n) is 4.35. The molecule has 5 rings (SSSR count). The second-order valence-corrected chi connectivity index (χ2v) is 8.97. The molecule has 1 N–H and O–H groups in total. The predicted octanol–water partition coefficient (Wildman–Crippen LogP) is 6.54. The Balaban J connectivity index is 1.60. The van der Waals surface area contributed by atoms with Crippen molar-refractivity contribution in [3.63, 3.8) is 0 Å². The van der Waals surface area contributed by atoms with Gasteiger partial charge in [0.15, 0.2) is 0 Å². The highest BCUT2D eigenvalue weighted by atomic mass is 19.1. The highest BCUT2D eigenvalue weighted by Crippen LogP contribution is 2.43. The normalized spacial score (nSPS) is 10.6. The van der Waals surface area contributed by atoms with Gasteiger partial charge in [-0.25, -0.2) is 4.39 Å². The Labute approximate surface area is 235 Å². The summed E-state index contributed by atoms with van der Waals surface area (Å²) >= 11 is 0. The van der Waals surface area contributed by atoms with Gasteiger partial charge in [-0.1, -0.05) is 24.3 Å². The standard InChI is InChI=1S/C32H26FN3O5/c1-20(37)41-32-29(21-8-14-24(15-9-21)34-31(38)22-10-18-26(39-2)19-11-22)30(27-6-4-5-7-28(27)40-3)35-36(32)25-16-12-23(33)13-17-25/h4-19H,1-3H3,(H,34,38). The van der Waals surface area contributed by atoms with E-state index >= 15 is 0 Å². The maximum atomic E-state index is 13.7. The largest absolute Gasteiger partial charge is 0.497 e. The zero-order valence-electron chi connectivity index (χ0n) is 22.6. The van der Waals surface area contributed by atoms with E-state index in [0.717, 1.165) is 0 Å². The van der Waals surface area contributed by atoms with E-state index in [4.69, 9.17) is 19.3 Å². The minimum absolute atomic E-state index is 0.153. The Bertz CT molecular complexity index is 1700. The van der Waals surface area contributed by atoms with Gasteiger partial charge in [-0.05, 0) is 78.4 Å². The zero-order valence-corrected chi connectivity index (χ0v) is 22.6. The SMILES string of the molecule is COc1ccc(C(=O)Nc2ccc(-c3c(-c4ccccc4OC)nn(-c4ccc(F)cc4)c3OC(C)=O)cc2)cc1. The number of nitrogens with one attached hydrogen (secondary N) is 1. The van der Waals surface area contributed by atoms with Crippen molar-refractivity contribution in [3.05, 3.63) is 108 Å². The van der Waals surface area contributed by atoms with Gasteiger partial charge in [-0.3, -0.25) is 9.59 Å². The molecule has 5 aromatic rings. The average Bonchev–Trinajstić information content (AvgIpc) is 3.36. The molecule has 0 aliphatic carbocycles. The van der Waals surface area contributed by atoms with E-state index < -0.39 is 11.8 Å². The number of esters is 1. The van der Waals surface area contributed by atoms with Crippen molar-refractivity contribution in [2.45, 2.75) is 6.92 Å². The summed E-state index contributed by atoms with van der Waals surface area (Å²) in [6, 6.07) is 26.9. The molecule has 9 heteroatoms. The summed E-state index contributed by atoms with van der Waals surface area (Å²) in [6.45, 7) is 1.30. The van der Waals surface area contributed by atoms with Crippen LogP contribution in [-0.4, -0.2) is 35.9 Å². The lowest BCUT2D eigenvalue weighted by Gasteiger charge is -2.11. The molecule has 8 nitrogen and oxygen atoms in total. The summed E-state index contributed by atoms with van der Waals surface area (Å²) in [6.07, 6.45) is 0. The lowest BCUT2D eigenvalue weighted by molar-refractivity contribution is -0.132. The van der Waals surface area contributed by atoms with Crippen LogP contribution in [0.15, 0.2) is 97.1 Å². The molecule has 0 spiro atoms. The highest BCUT2D eigenvalue weighted by Gasteiger charge is 2.26. The number of nitrogens with zero attached hydrogens (tertiary/aromatic N) is 2. The quantitative estimate of drug-likeness (QED) is 0.220. The molecule has 4 aromatic carbocycles. The van der Waals surface area contributed by atoms with Crippen LogP contribution in [0.2, 0.25) is 0 Å². The van der Waals surface area contributed by atoms with Crippen molar-refractivity contribution >= 4 is 17.6 Å². The number of aromatic nitrogens is 2. The number of amides is 1. The minimum Gasteiger partial charge on any atom is -0.497 e. The minimum atomic E-state index is -0.551. The van der Waals surface area contributed by atoms with Crippen LogP contribution in [0, 0.1) is 5.82 Å². The number of hydrogen-bond donors (Lipinski definition) is 1. The van der Waals surface area contributed by atoms with Crippen LogP contribution in [0.4, 0.5) is 10.1 Å². The van der Waals surface area contributed by atoms with E-state index in [9.17, 15) is 14.0 Å². The zero-order chi connectivity index (χ0) is 28.9. The highest BCUT2D eigenvalue weighted by molar-refractivity contribution is 6.04. The molecule has 0 aliphatic heterocycles. The summed E-state index contributed by atoms with van der Waals surface area (Å²) in [5.74, 6) is 0.133. The predicted molar refractivity (Wildman–Crippen MR) is 153 cm³/mol. The summed E-state index contributed by atoms with van der Waals surface area (Å²) in [4.78, 5) is 25.0. The molecule has 41 heavy (non-hydrogen) atoms. The molecule has 0 bridgehead atoms. The number of anilines is 1. The van der Waals surface area contributed by atoms with Crippen LogP contribution in [0.25, 0.3) is 28.1 Å². The average molecular weight is 552 g/mol. The topological polar surface area (TPSA) is 91.7 Å². The van der Waals surface area contributed by atoms with Gasteiger partial charge in [0.1, 0.15) is 23.0 Å². The monoisotopic (exact) mass is 551 g/mol. The Morgan fingerprint density at radius 1 is 0.829 bits per heavy atom. The molecule has 0 saturated heterocycles. The summed E-state index contributed by atoms with van der Waals surface area (Å²) in [5, 5.41) is 7.68. The molecule has 0 aliphatic rings. The van der Waals surface area contributed by atoms with Gasteiger partial charge in [-0.15, -0.1) is 0 Å². The van der Waals surface area contributed by atoms with E-state index in [2.05, 4.69) is 5.32 Å². The van der Waals surface area contributed by atoms with Crippen molar-refractivity contribution < 1.29 is 28.2 Å². The van der Waals surface area contributed by atoms with E-state index in [1.807, 2.05) is 18.2 Å². The Hall–Kier alpha value is -5.44. The van der Waals surface area contributed by atoms with Crippen LogP contribution in [0.5, 0.6) is 17.4 Å². The van der Waals surface area contributed by atoms with Crippen LogP contribution >= 0.6 is 0 Å². The van der Waals surface area contributed by atoms with E-state index in [0.29, 0.717) is 50.8 Å². The molecule has 0 unspecified atom stereocenters. The molecule has 1 aromatic heterocycles. The van der Waals surface area contributed by atoms with Crippen molar-refractivity contribution in [2.75, 3.05) is 19.5 Å². The van der Waals surface area contributed by atoms with Crippen molar-refractivity contribution in [3.8, 4) is 45.5 Å².